The van der Waals surface area contributed by atoms with Gasteiger partial charge in [-0.05, 0) is 48.5 Å². The van der Waals surface area contributed by atoms with Gasteiger partial charge in [-0.1, -0.05) is 114 Å². The lowest BCUT2D eigenvalue weighted by atomic mass is 9.84. The molecule has 0 aliphatic heterocycles. The van der Waals surface area contributed by atoms with Gasteiger partial charge >= 0.3 is 6.09 Å². The molecule has 37 heavy (non-hydrogen) atoms. The molecule has 1 amide bonds. The van der Waals surface area contributed by atoms with Gasteiger partial charge in [0.05, 0.1) is 18.8 Å². The first-order valence-electron chi connectivity index (χ1n) is 13.8. The Hall–Kier alpha value is -2.15. The highest BCUT2D eigenvalue weighted by atomic mass is 28.4. The lowest BCUT2D eigenvalue weighted by molar-refractivity contribution is 0.0288. The molecule has 1 fully saturated rings. The fraction of sp³-hybridized carbons (Fsp3) is 0.581. The first kappa shape index (κ1) is 29.4. The Morgan fingerprint density at radius 1 is 0.919 bits per heavy atom. The van der Waals surface area contributed by atoms with E-state index < -0.39 is 32.2 Å². The van der Waals surface area contributed by atoms with Gasteiger partial charge in [0.15, 0.2) is 0 Å². The maximum atomic E-state index is 12.7. The van der Waals surface area contributed by atoms with Crippen molar-refractivity contribution >= 4 is 24.8 Å². The van der Waals surface area contributed by atoms with Crippen LogP contribution in [0.25, 0.3) is 0 Å². The number of aliphatic hydroxyl groups is 1. The third-order valence-corrected chi connectivity index (χ3v) is 12.4. The van der Waals surface area contributed by atoms with Crippen LogP contribution in [0, 0.1) is 5.92 Å². The van der Waals surface area contributed by atoms with Gasteiger partial charge in [0, 0.05) is 0 Å². The molecule has 204 valence electrons. The number of rotatable bonds is 9. The Morgan fingerprint density at radius 3 is 1.89 bits per heavy atom. The van der Waals surface area contributed by atoms with E-state index in [2.05, 4.69) is 74.6 Å². The van der Waals surface area contributed by atoms with Crippen LogP contribution in [0.15, 0.2) is 60.7 Å². The largest absolute Gasteiger partial charge is 0.444 e. The predicted molar refractivity (Wildman–Crippen MR) is 154 cm³/mol. The van der Waals surface area contributed by atoms with Crippen LogP contribution in [0.4, 0.5) is 4.79 Å². The fourth-order valence-electron chi connectivity index (χ4n) is 5.64. The molecule has 1 aliphatic carbocycles. The average molecular weight is 526 g/mol. The topological polar surface area (TPSA) is 67.8 Å². The molecule has 0 aromatic heterocycles. The lowest BCUT2D eigenvalue weighted by Crippen LogP contribution is -2.67. The first-order chi connectivity index (χ1) is 17.4. The minimum atomic E-state index is -2.79. The molecule has 0 bridgehead atoms. The molecule has 6 heteroatoms. The van der Waals surface area contributed by atoms with Crippen LogP contribution in [0.1, 0.15) is 80.1 Å². The Labute approximate surface area is 225 Å². The van der Waals surface area contributed by atoms with Crippen LogP contribution >= 0.6 is 0 Å². The number of carbonyl (C=O) groups excluding carboxylic acids is 1. The molecule has 0 heterocycles. The van der Waals surface area contributed by atoms with Gasteiger partial charge in [-0.2, -0.15) is 0 Å². The van der Waals surface area contributed by atoms with Crippen molar-refractivity contribution in [2.45, 2.75) is 103 Å². The van der Waals surface area contributed by atoms with Crippen LogP contribution in [-0.4, -0.2) is 43.9 Å². The van der Waals surface area contributed by atoms with Crippen molar-refractivity contribution in [1.29, 1.82) is 0 Å². The number of amides is 1. The number of aliphatic hydroxyl groups excluding tert-OH is 1. The zero-order valence-corrected chi connectivity index (χ0v) is 24.6. The zero-order chi connectivity index (χ0) is 27.1. The minimum Gasteiger partial charge on any atom is -0.444 e. The molecule has 1 saturated carbocycles. The van der Waals surface area contributed by atoms with E-state index in [0.717, 1.165) is 19.3 Å². The summed E-state index contributed by atoms with van der Waals surface area (Å²) in [5.41, 5.74) is -0.601. The molecule has 0 saturated heterocycles. The quantitative estimate of drug-likeness (QED) is 0.407. The number of alkyl carbamates (subject to hydrolysis) is 1. The van der Waals surface area contributed by atoms with Crippen molar-refractivity contribution < 1.29 is 19.1 Å². The maximum absolute atomic E-state index is 12.7. The second kappa shape index (κ2) is 12.6. The van der Waals surface area contributed by atoms with Crippen LogP contribution in [-0.2, 0) is 9.16 Å². The summed E-state index contributed by atoms with van der Waals surface area (Å²) in [6.45, 7) is 12.4. The zero-order valence-electron chi connectivity index (χ0n) is 23.6. The molecule has 0 spiro atoms. The molecule has 2 aromatic carbocycles. The highest BCUT2D eigenvalue weighted by molar-refractivity contribution is 6.99. The summed E-state index contributed by atoms with van der Waals surface area (Å²) in [4.78, 5) is 12.7. The normalized spacial score (nSPS) is 17.2. The van der Waals surface area contributed by atoms with Crippen molar-refractivity contribution in [3.8, 4) is 0 Å². The van der Waals surface area contributed by atoms with E-state index in [4.69, 9.17) is 9.16 Å². The van der Waals surface area contributed by atoms with Crippen molar-refractivity contribution in [2.24, 2.45) is 5.92 Å². The van der Waals surface area contributed by atoms with Crippen molar-refractivity contribution in [3.63, 3.8) is 0 Å². The summed E-state index contributed by atoms with van der Waals surface area (Å²) in [5, 5.41) is 16.7. The summed E-state index contributed by atoms with van der Waals surface area (Å²) in [5.74, 6) is 0.483. The Morgan fingerprint density at radius 2 is 1.43 bits per heavy atom. The lowest BCUT2D eigenvalue weighted by Gasteiger charge is -2.44. The third-order valence-electron chi connectivity index (χ3n) is 7.37. The summed E-state index contributed by atoms with van der Waals surface area (Å²) in [6, 6.07) is 20.4. The van der Waals surface area contributed by atoms with Crippen molar-refractivity contribution in [1.82, 2.24) is 5.32 Å². The van der Waals surface area contributed by atoms with Gasteiger partial charge in [0.1, 0.15) is 5.60 Å². The number of hydrogen-bond donors (Lipinski definition) is 2. The monoisotopic (exact) mass is 525 g/mol. The second-order valence-electron chi connectivity index (χ2n) is 12.5. The van der Waals surface area contributed by atoms with E-state index in [-0.39, 0.29) is 11.6 Å². The van der Waals surface area contributed by atoms with E-state index in [1.54, 1.807) is 0 Å². The van der Waals surface area contributed by atoms with Gasteiger partial charge in [-0.25, -0.2) is 4.79 Å². The molecular formula is C31H47NO4Si. The third kappa shape index (κ3) is 7.92. The number of hydrogen-bond acceptors (Lipinski definition) is 4. The number of benzene rings is 2. The predicted octanol–water partition coefficient (Wildman–Crippen LogP) is 5.79. The fourth-order valence-corrected chi connectivity index (χ4v) is 10.2. The molecule has 2 aromatic rings. The highest BCUT2D eigenvalue weighted by Crippen LogP contribution is 2.37. The van der Waals surface area contributed by atoms with Gasteiger partial charge < -0.3 is 19.6 Å². The molecule has 2 N–H and O–H groups in total. The molecule has 0 radical (unpaired) electrons. The Bertz CT molecular complexity index is 923. The van der Waals surface area contributed by atoms with Gasteiger partial charge in [0.25, 0.3) is 8.32 Å². The van der Waals surface area contributed by atoms with E-state index in [1.807, 2.05) is 32.9 Å². The molecular weight excluding hydrogens is 478 g/mol. The molecule has 0 unspecified atom stereocenters. The Balaban J connectivity index is 1.89. The number of carbonyl (C=O) groups is 1. The average Bonchev–Trinajstić information content (AvgIpc) is 2.84. The number of nitrogens with one attached hydrogen (secondary N) is 1. The van der Waals surface area contributed by atoms with Crippen molar-refractivity contribution in [2.75, 3.05) is 6.61 Å². The van der Waals surface area contributed by atoms with Crippen LogP contribution in [0.3, 0.4) is 0 Å². The van der Waals surface area contributed by atoms with Crippen LogP contribution in [0.5, 0.6) is 0 Å². The SMILES string of the molecule is CC(C)(C)OC(=O)N[C@@H](CC1CCCCC1)[C@H](O)CO[Si](c1ccccc1)(c1ccccc1)C(C)(C)C. The van der Waals surface area contributed by atoms with Gasteiger partial charge in [0.2, 0.25) is 0 Å². The Kier molecular flexibility index (Phi) is 10.0. The number of ether oxygens (including phenoxy) is 1. The standard InChI is InChI=1S/C31H47NO4Si/c1-30(2,3)36-29(34)32-27(22-24-16-10-7-11-17-24)28(33)23-35-37(31(4,5)6,25-18-12-8-13-19-25)26-20-14-9-15-21-26/h8-9,12-15,18-21,24,27-28,33H,7,10-11,16-17,22-23H2,1-6H3,(H,32,34)/t27-,28+/m0/s1. The maximum Gasteiger partial charge on any atom is 0.407 e. The molecule has 1 aliphatic rings. The van der Waals surface area contributed by atoms with E-state index >= 15 is 0 Å². The first-order valence-corrected chi connectivity index (χ1v) is 15.8. The molecule has 3 rings (SSSR count). The van der Waals surface area contributed by atoms with Gasteiger partial charge in [-0.3, -0.25) is 0 Å². The van der Waals surface area contributed by atoms with Gasteiger partial charge in [-0.15, -0.1) is 0 Å². The second-order valence-corrected chi connectivity index (χ2v) is 16.8. The van der Waals surface area contributed by atoms with Crippen molar-refractivity contribution in [3.05, 3.63) is 60.7 Å². The highest BCUT2D eigenvalue weighted by Gasteiger charge is 2.50. The van der Waals surface area contributed by atoms with E-state index in [0.29, 0.717) is 5.92 Å². The minimum absolute atomic E-state index is 0.139. The summed E-state index contributed by atoms with van der Waals surface area (Å²) in [7, 11) is -2.79. The summed E-state index contributed by atoms with van der Waals surface area (Å²) >= 11 is 0. The molecule has 5 nitrogen and oxygen atoms in total. The van der Waals surface area contributed by atoms with E-state index in [1.165, 1.54) is 29.6 Å². The van der Waals surface area contributed by atoms with Crippen LogP contribution in [0.2, 0.25) is 5.04 Å². The summed E-state index contributed by atoms with van der Waals surface area (Å²) in [6.07, 6.45) is 5.33. The van der Waals surface area contributed by atoms with Crippen LogP contribution < -0.4 is 15.7 Å². The van der Waals surface area contributed by atoms with E-state index in [9.17, 15) is 9.90 Å². The molecule has 2 atom stereocenters. The summed E-state index contributed by atoms with van der Waals surface area (Å²) < 4.78 is 12.5. The smallest absolute Gasteiger partial charge is 0.407 e.